The number of pyridine rings is 1. The summed E-state index contributed by atoms with van der Waals surface area (Å²) >= 11 is 5.86. The molecule has 0 aromatic carbocycles. The molecule has 2 nitrogen and oxygen atoms in total. The first-order valence-electron chi connectivity index (χ1n) is 5.57. The summed E-state index contributed by atoms with van der Waals surface area (Å²) < 4.78 is 5.77. The van der Waals surface area contributed by atoms with Crippen molar-refractivity contribution in [2.45, 2.75) is 52.0 Å². The molecule has 1 aromatic rings. The molecule has 0 aliphatic carbocycles. The smallest absolute Gasteiger partial charge is 0.214 e. The van der Waals surface area contributed by atoms with Crippen LogP contribution in [0, 0.1) is 0 Å². The highest BCUT2D eigenvalue weighted by Gasteiger charge is 2.14. The molecule has 3 heteroatoms. The molecular weight excluding hydrogens is 222 g/mol. The molecule has 0 saturated heterocycles. The van der Waals surface area contributed by atoms with E-state index >= 15 is 0 Å². The highest BCUT2D eigenvalue weighted by atomic mass is 35.5. The van der Waals surface area contributed by atoms with Gasteiger partial charge in [-0.25, -0.2) is 4.98 Å². The van der Waals surface area contributed by atoms with Crippen LogP contribution in [0.25, 0.3) is 0 Å². The number of nitrogens with zero attached hydrogens (tertiary/aromatic N) is 1. The lowest BCUT2D eigenvalue weighted by atomic mass is 10.1. The predicted molar refractivity (Wildman–Crippen MR) is 68.3 cm³/mol. The van der Waals surface area contributed by atoms with Crippen LogP contribution in [0.3, 0.4) is 0 Å². The van der Waals surface area contributed by atoms with E-state index in [1.165, 1.54) is 0 Å². The van der Waals surface area contributed by atoms with Gasteiger partial charge in [0.1, 0.15) is 5.60 Å². The second kappa shape index (κ2) is 5.05. The topological polar surface area (TPSA) is 22.1 Å². The van der Waals surface area contributed by atoms with Crippen molar-refractivity contribution in [2.24, 2.45) is 0 Å². The van der Waals surface area contributed by atoms with Crippen LogP contribution in [0.1, 0.15) is 51.8 Å². The van der Waals surface area contributed by atoms with Gasteiger partial charge in [0.25, 0.3) is 0 Å². The van der Waals surface area contributed by atoms with Crippen LogP contribution in [0.4, 0.5) is 0 Å². The molecule has 0 radical (unpaired) electrons. The quantitative estimate of drug-likeness (QED) is 0.743. The Morgan fingerprint density at radius 1 is 1.31 bits per heavy atom. The second-order valence-electron chi connectivity index (χ2n) is 5.24. The molecule has 0 N–H and O–H groups in total. The highest BCUT2D eigenvalue weighted by Crippen LogP contribution is 2.22. The zero-order valence-corrected chi connectivity index (χ0v) is 11.4. The standard InChI is InChI=1S/C13H20ClNO/c1-9(2)11-6-10(8-14)7-12(15-11)16-13(3,4)5/h6-7,9H,8H2,1-5H3. The molecule has 1 aromatic heterocycles. The molecule has 0 amide bonds. The minimum Gasteiger partial charge on any atom is -0.472 e. The number of hydrogen-bond donors (Lipinski definition) is 0. The second-order valence-corrected chi connectivity index (χ2v) is 5.51. The van der Waals surface area contributed by atoms with E-state index in [4.69, 9.17) is 16.3 Å². The molecule has 90 valence electrons. The summed E-state index contributed by atoms with van der Waals surface area (Å²) in [6, 6.07) is 3.94. The van der Waals surface area contributed by atoms with Gasteiger partial charge < -0.3 is 4.74 Å². The first kappa shape index (κ1) is 13.3. The molecule has 0 aliphatic rings. The Morgan fingerprint density at radius 3 is 2.38 bits per heavy atom. The van der Waals surface area contributed by atoms with Gasteiger partial charge in [-0.05, 0) is 38.3 Å². The minimum atomic E-state index is -0.230. The lowest BCUT2D eigenvalue weighted by Crippen LogP contribution is -2.23. The zero-order chi connectivity index (χ0) is 12.3. The average Bonchev–Trinajstić information content (AvgIpc) is 2.14. The Morgan fingerprint density at radius 2 is 1.94 bits per heavy atom. The molecule has 0 unspecified atom stereocenters. The molecule has 0 saturated carbocycles. The van der Waals surface area contributed by atoms with Crippen LogP contribution in [0.5, 0.6) is 5.88 Å². The van der Waals surface area contributed by atoms with Crippen LogP contribution in [-0.2, 0) is 5.88 Å². The van der Waals surface area contributed by atoms with Crippen molar-refractivity contribution in [3.63, 3.8) is 0 Å². The number of halogens is 1. The minimum absolute atomic E-state index is 0.230. The van der Waals surface area contributed by atoms with E-state index in [2.05, 4.69) is 18.8 Å². The zero-order valence-electron chi connectivity index (χ0n) is 10.7. The summed E-state index contributed by atoms with van der Waals surface area (Å²) in [5.41, 5.74) is 1.85. The number of rotatable bonds is 3. The maximum atomic E-state index is 5.86. The summed E-state index contributed by atoms with van der Waals surface area (Å²) in [5.74, 6) is 1.53. The largest absolute Gasteiger partial charge is 0.472 e. The van der Waals surface area contributed by atoms with Gasteiger partial charge in [0.15, 0.2) is 0 Å². The normalized spacial score (nSPS) is 11.9. The van der Waals surface area contributed by atoms with Gasteiger partial charge in [-0.2, -0.15) is 0 Å². The number of ether oxygens (including phenoxy) is 1. The van der Waals surface area contributed by atoms with Crippen molar-refractivity contribution in [2.75, 3.05) is 0 Å². The van der Waals surface area contributed by atoms with E-state index in [1.54, 1.807) is 0 Å². The lowest BCUT2D eigenvalue weighted by Gasteiger charge is -2.21. The number of alkyl halides is 1. The summed E-state index contributed by atoms with van der Waals surface area (Å²) in [5, 5.41) is 0. The Labute approximate surface area is 103 Å². The third-order valence-electron chi connectivity index (χ3n) is 2.04. The fourth-order valence-corrected chi connectivity index (χ4v) is 1.48. The molecule has 0 fully saturated rings. The fourth-order valence-electron chi connectivity index (χ4n) is 1.32. The maximum Gasteiger partial charge on any atom is 0.214 e. The first-order chi connectivity index (χ1) is 7.31. The Bertz CT molecular complexity index is 355. The average molecular weight is 242 g/mol. The van der Waals surface area contributed by atoms with Crippen molar-refractivity contribution in [1.82, 2.24) is 4.98 Å². The number of hydrogen-bond acceptors (Lipinski definition) is 2. The van der Waals surface area contributed by atoms with Gasteiger partial charge in [0, 0.05) is 17.6 Å². The summed E-state index contributed by atoms with van der Waals surface area (Å²) in [6.45, 7) is 10.3. The molecule has 1 rings (SSSR count). The third-order valence-corrected chi connectivity index (χ3v) is 2.35. The van der Waals surface area contributed by atoms with E-state index < -0.39 is 0 Å². The molecule has 16 heavy (non-hydrogen) atoms. The lowest BCUT2D eigenvalue weighted by molar-refractivity contribution is 0.123. The van der Waals surface area contributed by atoms with Crippen LogP contribution < -0.4 is 4.74 Å². The van der Waals surface area contributed by atoms with Gasteiger partial charge in [0.05, 0.1) is 0 Å². The fraction of sp³-hybridized carbons (Fsp3) is 0.615. The van der Waals surface area contributed by atoms with Crippen molar-refractivity contribution in [3.8, 4) is 5.88 Å². The van der Waals surface area contributed by atoms with Crippen molar-refractivity contribution >= 4 is 11.6 Å². The maximum absolute atomic E-state index is 5.86. The number of aromatic nitrogens is 1. The molecular formula is C13H20ClNO. The van der Waals surface area contributed by atoms with Crippen LogP contribution in [0.15, 0.2) is 12.1 Å². The molecule has 0 aliphatic heterocycles. The van der Waals surface area contributed by atoms with Crippen LogP contribution in [-0.4, -0.2) is 10.6 Å². The summed E-state index contributed by atoms with van der Waals surface area (Å²) in [7, 11) is 0. The Hall–Kier alpha value is -0.760. The Balaban J connectivity index is 3.04. The third kappa shape index (κ3) is 4.01. The molecule has 1 heterocycles. The van der Waals surface area contributed by atoms with Crippen LogP contribution >= 0.6 is 11.6 Å². The van der Waals surface area contributed by atoms with E-state index in [0.29, 0.717) is 17.7 Å². The van der Waals surface area contributed by atoms with Crippen molar-refractivity contribution in [3.05, 3.63) is 23.4 Å². The van der Waals surface area contributed by atoms with Gasteiger partial charge in [-0.3, -0.25) is 0 Å². The van der Waals surface area contributed by atoms with Gasteiger partial charge in [0.2, 0.25) is 5.88 Å². The van der Waals surface area contributed by atoms with E-state index in [0.717, 1.165) is 11.3 Å². The van der Waals surface area contributed by atoms with Crippen LogP contribution in [0.2, 0.25) is 0 Å². The summed E-state index contributed by atoms with van der Waals surface area (Å²) in [6.07, 6.45) is 0. The monoisotopic (exact) mass is 241 g/mol. The van der Waals surface area contributed by atoms with E-state index in [9.17, 15) is 0 Å². The van der Waals surface area contributed by atoms with Gasteiger partial charge >= 0.3 is 0 Å². The molecule has 0 spiro atoms. The summed E-state index contributed by atoms with van der Waals surface area (Å²) in [4.78, 5) is 4.49. The first-order valence-corrected chi connectivity index (χ1v) is 6.11. The van der Waals surface area contributed by atoms with Gasteiger partial charge in [-0.15, -0.1) is 11.6 Å². The van der Waals surface area contributed by atoms with Crippen molar-refractivity contribution < 1.29 is 4.74 Å². The van der Waals surface area contributed by atoms with Gasteiger partial charge in [-0.1, -0.05) is 13.8 Å². The predicted octanol–water partition coefficient (Wildman–Crippen LogP) is 4.12. The SMILES string of the molecule is CC(C)c1cc(CCl)cc(OC(C)(C)C)n1. The Kier molecular flexibility index (Phi) is 4.20. The molecule has 0 atom stereocenters. The molecule has 0 bridgehead atoms. The highest BCUT2D eigenvalue weighted by molar-refractivity contribution is 6.17. The van der Waals surface area contributed by atoms with E-state index in [1.807, 2.05) is 32.9 Å². The van der Waals surface area contributed by atoms with Crippen molar-refractivity contribution in [1.29, 1.82) is 0 Å². The van der Waals surface area contributed by atoms with E-state index in [-0.39, 0.29) is 5.60 Å².